The van der Waals surface area contributed by atoms with Crippen molar-refractivity contribution in [3.8, 4) is 0 Å². The second-order valence-corrected chi connectivity index (χ2v) is 4.60. The number of hydrogen-bond acceptors (Lipinski definition) is 3. The summed E-state index contributed by atoms with van der Waals surface area (Å²) in [7, 11) is 3.78. The summed E-state index contributed by atoms with van der Waals surface area (Å²) in [5.41, 5.74) is 0. The van der Waals surface area contributed by atoms with Gasteiger partial charge >= 0.3 is 5.97 Å². The Morgan fingerprint density at radius 3 is 2.12 bits per heavy atom. The van der Waals surface area contributed by atoms with Gasteiger partial charge in [-0.1, -0.05) is 45.4 Å². The lowest BCUT2D eigenvalue weighted by atomic mass is 10.1. The summed E-state index contributed by atoms with van der Waals surface area (Å²) in [6, 6.07) is 0. The van der Waals surface area contributed by atoms with Gasteiger partial charge in [0.15, 0.2) is 0 Å². The lowest BCUT2D eigenvalue weighted by molar-refractivity contribution is -0.147. The van der Waals surface area contributed by atoms with Gasteiger partial charge in [-0.3, -0.25) is 9.69 Å². The highest BCUT2D eigenvalue weighted by Crippen LogP contribution is 2.08. The van der Waals surface area contributed by atoms with Gasteiger partial charge in [0.1, 0.15) is 6.73 Å². The standard InChI is InChI=1S/C13H27NO2/c1-4-5-6-7-8-9-10-11-13(15)16-12-14(2)3/h4-12H2,1-3H3. The average Bonchev–Trinajstić information content (AvgIpc) is 2.25. The maximum Gasteiger partial charge on any atom is 0.307 e. The van der Waals surface area contributed by atoms with Crippen LogP contribution in [-0.2, 0) is 9.53 Å². The minimum absolute atomic E-state index is 0.0674. The van der Waals surface area contributed by atoms with Crippen molar-refractivity contribution in [2.24, 2.45) is 0 Å². The first-order valence-electron chi connectivity index (χ1n) is 6.47. The molecule has 96 valence electrons. The van der Waals surface area contributed by atoms with Crippen molar-refractivity contribution in [1.29, 1.82) is 0 Å². The van der Waals surface area contributed by atoms with Crippen molar-refractivity contribution in [2.45, 2.75) is 58.3 Å². The molecule has 0 N–H and O–H groups in total. The molecule has 0 aromatic heterocycles. The maximum absolute atomic E-state index is 11.2. The summed E-state index contributed by atoms with van der Waals surface area (Å²) in [5, 5.41) is 0. The van der Waals surface area contributed by atoms with Crippen LogP contribution in [0.5, 0.6) is 0 Å². The first-order valence-corrected chi connectivity index (χ1v) is 6.47. The molecule has 0 aliphatic heterocycles. The van der Waals surface area contributed by atoms with Gasteiger partial charge in [0.05, 0.1) is 0 Å². The van der Waals surface area contributed by atoms with E-state index >= 15 is 0 Å². The summed E-state index contributed by atoms with van der Waals surface area (Å²) in [4.78, 5) is 13.1. The van der Waals surface area contributed by atoms with Crippen molar-refractivity contribution in [1.82, 2.24) is 4.90 Å². The Morgan fingerprint density at radius 2 is 1.56 bits per heavy atom. The van der Waals surface area contributed by atoms with Crippen LogP contribution in [0.1, 0.15) is 58.3 Å². The molecule has 0 fully saturated rings. The molecule has 0 rings (SSSR count). The highest BCUT2D eigenvalue weighted by atomic mass is 16.5. The van der Waals surface area contributed by atoms with Crippen LogP contribution in [0.15, 0.2) is 0 Å². The van der Waals surface area contributed by atoms with Gasteiger partial charge < -0.3 is 4.74 Å². The van der Waals surface area contributed by atoms with Crippen LogP contribution in [0, 0.1) is 0 Å². The van der Waals surface area contributed by atoms with Gasteiger partial charge in [-0.25, -0.2) is 0 Å². The molecule has 0 amide bonds. The number of carbonyl (C=O) groups excluding carboxylic acids is 1. The SMILES string of the molecule is CCCCCCCCCC(=O)OCN(C)C. The maximum atomic E-state index is 11.2. The fourth-order valence-corrected chi connectivity index (χ4v) is 1.50. The Bertz CT molecular complexity index is 169. The molecule has 16 heavy (non-hydrogen) atoms. The van der Waals surface area contributed by atoms with Crippen molar-refractivity contribution in [2.75, 3.05) is 20.8 Å². The van der Waals surface area contributed by atoms with Crippen molar-refractivity contribution in [3.63, 3.8) is 0 Å². The fraction of sp³-hybridized carbons (Fsp3) is 0.923. The Kier molecular flexibility index (Phi) is 10.5. The zero-order valence-electron chi connectivity index (χ0n) is 11.1. The summed E-state index contributed by atoms with van der Waals surface area (Å²) in [6.45, 7) is 2.62. The van der Waals surface area contributed by atoms with Crippen LogP contribution in [0.4, 0.5) is 0 Å². The molecular weight excluding hydrogens is 202 g/mol. The zero-order chi connectivity index (χ0) is 12.2. The minimum atomic E-state index is -0.0674. The highest BCUT2D eigenvalue weighted by Gasteiger charge is 2.02. The smallest absolute Gasteiger partial charge is 0.307 e. The van der Waals surface area contributed by atoms with Crippen LogP contribution in [0.25, 0.3) is 0 Å². The van der Waals surface area contributed by atoms with Crippen molar-refractivity contribution in [3.05, 3.63) is 0 Å². The lowest BCUT2D eigenvalue weighted by Crippen LogP contribution is -2.19. The number of esters is 1. The second kappa shape index (κ2) is 10.9. The molecule has 0 radical (unpaired) electrons. The van der Waals surface area contributed by atoms with E-state index in [-0.39, 0.29) is 5.97 Å². The van der Waals surface area contributed by atoms with Gasteiger partial charge in [-0.05, 0) is 20.5 Å². The van der Waals surface area contributed by atoms with E-state index in [0.29, 0.717) is 13.2 Å². The monoisotopic (exact) mass is 229 g/mol. The van der Waals surface area contributed by atoms with E-state index in [4.69, 9.17) is 4.74 Å². The van der Waals surface area contributed by atoms with Crippen molar-refractivity contribution >= 4 is 5.97 Å². The van der Waals surface area contributed by atoms with Gasteiger partial charge in [0.25, 0.3) is 0 Å². The van der Waals surface area contributed by atoms with Crippen molar-refractivity contribution < 1.29 is 9.53 Å². The van der Waals surface area contributed by atoms with Gasteiger partial charge in [0.2, 0.25) is 0 Å². The number of unbranched alkanes of at least 4 members (excludes halogenated alkanes) is 6. The molecule has 0 aromatic rings. The molecule has 3 nitrogen and oxygen atoms in total. The Labute approximate surface area is 100 Å². The normalized spacial score (nSPS) is 10.8. The topological polar surface area (TPSA) is 29.5 Å². The quantitative estimate of drug-likeness (QED) is 0.327. The van der Waals surface area contributed by atoms with E-state index in [1.165, 1.54) is 32.1 Å². The predicted octanol–water partition coefficient (Wildman–Crippen LogP) is 3.19. The van der Waals surface area contributed by atoms with E-state index < -0.39 is 0 Å². The average molecular weight is 229 g/mol. The van der Waals surface area contributed by atoms with E-state index in [2.05, 4.69) is 6.92 Å². The van der Waals surface area contributed by atoms with Crippen LogP contribution in [0.2, 0.25) is 0 Å². The second-order valence-electron chi connectivity index (χ2n) is 4.60. The Hall–Kier alpha value is -0.570. The zero-order valence-corrected chi connectivity index (χ0v) is 11.1. The van der Waals surface area contributed by atoms with Crippen LogP contribution >= 0.6 is 0 Å². The molecule has 0 unspecified atom stereocenters. The summed E-state index contributed by atoms with van der Waals surface area (Å²) in [5.74, 6) is -0.0674. The van der Waals surface area contributed by atoms with Crippen LogP contribution in [0.3, 0.4) is 0 Å². The van der Waals surface area contributed by atoms with E-state index in [1.807, 2.05) is 19.0 Å². The molecule has 0 saturated heterocycles. The minimum Gasteiger partial charge on any atom is -0.450 e. The summed E-state index contributed by atoms with van der Waals surface area (Å²) in [6.07, 6.45) is 9.21. The molecule has 0 saturated carbocycles. The first kappa shape index (κ1) is 15.4. The van der Waals surface area contributed by atoms with E-state index in [1.54, 1.807) is 0 Å². The third-order valence-corrected chi connectivity index (χ3v) is 2.47. The molecule has 0 aromatic carbocycles. The third kappa shape index (κ3) is 11.5. The molecule has 0 bridgehead atoms. The Balaban J connectivity index is 3.15. The van der Waals surface area contributed by atoms with E-state index in [9.17, 15) is 4.79 Å². The van der Waals surface area contributed by atoms with Gasteiger partial charge in [0, 0.05) is 6.42 Å². The molecule has 0 heterocycles. The summed E-state index contributed by atoms with van der Waals surface area (Å²) < 4.78 is 5.04. The fourth-order valence-electron chi connectivity index (χ4n) is 1.50. The lowest BCUT2D eigenvalue weighted by Gasteiger charge is -2.10. The highest BCUT2D eigenvalue weighted by molar-refractivity contribution is 5.69. The summed E-state index contributed by atoms with van der Waals surface area (Å²) >= 11 is 0. The van der Waals surface area contributed by atoms with Crippen LogP contribution in [-0.4, -0.2) is 31.7 Å². The molecule has 0 aliphatic rings. The molecule has 0 aliphatic carbocycles. The Morgan fingerprint density at radius 1 is 1.00 bits per heavy atom. The molecule has 3 heteroatoms. The number of carbonyl (C=O) groups is 1. The van der Waals surface area contributed by atoms with Crippen LogP contribution < -0.4 is 0 Å². The molecular formula is C13H27NO2. The molecule has 0 spiro atoms. The van der Waals surface area contributed by atoms with Gasteiger partial charge in [-0.15, -0.1) is 0 Å². The number of rotatable bonds is 10. The largest absolute Gasteiger partial charge is 0.450 e. The third-order valence-electron chi connectivity index (χ3n) is 2.47. The number of ether oxygens (including phenoxy) is 1. The van der Waals surface area contributed by atoms with E-state index in [0.717, 1.165) is 12.8 Å². The number of hydrogen-bond donors (Lipinski definition) is 0. The van der Waals surface area contributed by atoms with Gasteiger partial charge in [-0.2, -0.15) is 0 Å². The predicted molar refractivity (Wildman–Crippen MR) is 67.3 cm³/mol. The number of nitrogens with zero attached hydrogens (tertiary/aromatic N) is 1. The first-order chi connectivity index (χ1) is 7.66. The molecule has 0 atom stereocenters.